The third-order valence-corrected chi connectivity index (χ3v) is 2.98. The molecule has 0 spiro atoms. The van der Waals surface area contributed by atoms with E-state index in [4.69, 9.17) is 16.3 Å². The molecule has 1 aromatic rings. The normalized spacial score (nSPS) is 13.0. The maximum absolute atomic E-state index is 11.9. The van der Waals surface area contributed by atoms with Crippen LogP contribution in [0.2, 0.25) is 5.02 Å². The maximum Gasteiger partial charge on any atom is 0.426 e. The number of hydrogen-bond donors (Lipinski definition) is 2. The van der Waals surface area contributed by atoms with Crippen LogP contribution in [0.1, 0.15) is 6.92 Å². The quantitative estimate of drug-likeness (QED) is 0.802. The average molecular weight is 328 g/mol. The highest BCUT2D eigenvalue weighted by atomic mass is 35.5. The monoisotopic (exact) mass is 327 g/mol. The molecule has 0 unspecified atom stereocenters. The largest absolute Gasteiger partial charge is 0.482 e. The molecule has 0 saturated heterocycles. The van der Waals surface area contributed by atoms with Crippen LogP contribution >= 0.6 is 11.6 Å². The second kappa shape index (κ2) is 6.99. The second-order valence-corrected chi connectivity index (χ2v) is 4.71. The predicted molar refractivity (Wildman–Crippen MR) is 77.6 cm³/mol. The molecule has 1 aliphatic heterocycles. The van der Waals surface area contributed by atoms with E-state index in [1.807, 2.05) is 0 Å². The summed E-state index contributed by atoms with van der Waals surface area (Å²) in [6.07, 6.45) is -0.785. The van der Waals surface area contributed by atoms with Gasteiger partial charge in [-0.3, -0.25) is 19.9 Å². The molecule has 0 aliphatic carbocycles. The molecule has 118 valence electrons. The zero-order valence-electron chi connectivity index (χ0n) is 11.7. The van der Waals surface area contributed by atoms with E-state index in [1.165, 1.54) is 11.0 Å². The third kappa shape index (κ3) is 3.79. The van der Waals surface area contributed by atoms with Crippen molar-refractivity contribution in [3.05, 3.63) is 23.2 Å². The predicted octanol–water partition coefficient (Wildman–Crippen LogP) is 0.843. The van der Waals surface area contributed by atoms with Crippen molar-refractivity contribution in [1.82, 2.24) is 10.9 Å². The van der Waals surface area contributed by atoms with Gasteiger partial charge in [-0.15, -0.1) is 0 Å². The van der Waals surface area contributed by atoms with Crippen molar-refractivity contribution in [2.75, 3.05) is 24.7 Å². The number of anilines is 1. The van der Waals surface area contributed by atoms with Crippen LogP contribution in [0.4, 0.5) is 10.5 Å². The highest BCUT2D eigenvalue weighted by molar-refractivity contribution is 6.31. The first-order chi connectivity index (χ1) is 10.5. The Bertz CT molecular complexity index is 607. The Morgan fingerprint density at radius 1 is 1.41 bits per heavy atom. The molecule has 2 rings (SSSR count). The van der Waals surface area contributed by atoms with Crippen molar-refractivity contribution >= 4 is 35.2 Å². The maximum atomic E-state index is 11.9. The molecule has 1 aromatic carbocycles. The van der Waals surface area contributed by atoms with E-state index in [1.54, 1.807) is 19.1 Å². The SMILES string of the molecule is CCOC(=O)NNC(=O)CN1C(=O)COc2ccc(Cl)cc21. The summed E-state index contributed by atoms with van der Waals surface area (Å²) in [5.41, 5.74) is 4.61. The summed E-state index contributed by atoms with van der Waals surface area (Å²) in [4.78, 5) is 36.0. The van der Waals surface area contributed by atoms with Gasteiger partial charge in [-0.2, -0.15) is 0 Å². The van der Waals surface area contributed by atoms with Gasteiger partial charge in [0.1, 0.15) is 12.3 Å². The van der Waals surface area contributed by atoms with Crippen LogP contribution in [-0.4, -0.2) is 37.7 Å². The molecule has 2 N–H and O–H groups in total. The van der Waals surface area contributed by atoms with Crippen LogP contribution in [-0.2, 0) is 14.3 Å². The molecule has 0 bridgehead atoms. The Morgan fingerprint density at radius 2 is 2.18 bits per heavy atom. The highest BCUT2D eigenvalue weighted by Gasteiger charge is 2.27. The second-order valence-electron chi connectivity index (χ2n) is 4.27. The first kappa shape index (κ1) is 15.9. The van der Waals surface area contributed by atoms with Gasteiger partial charge in [0.05, 0.1) is 12.3 Å². The van der Waals surface area contributed by atoms with Crippen molar-refractivity contribution < 1.29 is 23.9 Å². The van der Waals surface area contributed by atoms with E-state index in [0.717, 1.165) is 0 Å². The summed E-state index contributed by atoms with van der Waals surface area (Å²) in [6.45, 7) is 1.35. The Morgan fingerprint density at radius 3 is 2.91 bits per heavy atom. The number of carbonyl (C=O) groups is 3. The van der Waals surface area contributed by atoms with Crippen LogP contribution < -0.4 is 20.5 Å². The zero-order chi connectivity index (χ0) is 16.1. The first-order valence-corrected chi connectivity index (χ1v) is 6.83. The molecule has 3 amide bonds. The summed E-state index contributed by atoms with van der Waals surface area (Å²) in [5.74, 6) is -0.523. The molecule has 0 aromatic heterocycles. The Labute approximate surface area is 131 Å². The van der Waals surface area contributed by atoms with Crippen LogP contribution in [0.25, 0.3) is 0 Å². The lowest BCUT2D eigenvalue weighted by atomic mass is 10.2. The smallest absolute Gasteiger partial charge is 0.426 e. The molecular formula is C13H14ClN3O5. The molecule has 8 nitrogen and oxygen atoms in total. The number of amides is 3. The number of halogens is 1. The standard InChI is InChI=1S/C13H14ClN3O5/c1-2-21-13(20)16-15-11(18)6-17-9-5-8(14)3-4-10(9)22-7-12(17)19/h3-5H,2,6-7H2,1H3,(H,15,18)(H,16,20). The van der Waals surface area contributed by atoms with Crippen LogP contribution in [0.5, 0.6) is 5.75 Å². The number of benzene rings is 1. The molecule has 1 heterocycles. The van der Waals surface area contributed by atoms with Crippen LogP contribution in [0.15, 0.2) is 18.2 Å². The summed E-state index contributed by atoms with van der Waals surface area (Å²) >= 11 is 5.90. The van der Waals surface area contributed by atoms with Crippen molar-refractivity contribution in [3.8, 4) is 5.75 Å². The van der Waals surface area contributed by atoms with E-state index in [2.05, 4.69) is 15.6 Å². The van der Waals surface area contributed by atoms with Gasteiger partial charge >= 0.3 is 6.09 Å². The Balaban J connectivity index is 2.03. The lowest BCUT2D eigenvalue weighted by Crippen LogP contribution is -2.49. The van der Waals surface area contributed by atoms with E-state index in [-0.39, 0.29) is 25.7 Å². The van der Waals surface area contributed by atoms with Crippen molar-refractivity contribution in [2.24, 2.45) is 0 Å². The van der Waals surface area contributed by atoms with E-state index in [9.17, 15) is 14.4 Å². The van der Waals surface area contributed by atoms with E-state index in [0.29, 0.717) is 16.5 Å². The van der Waals surface area contributed by atoms with Gasteiger partial charge in [0.2, 0.25) is 0 Å². The van der Waals surface area contributed by atoms with Crippen LogP contribution in [0, 0.1) is 0 Å². The van der Waals surface area contributed by atoms with Gasteiger partial charge in [0.25, 0.3) is 11.8 Å². The first-order valence-electron chi connectivity index (χ1n) is 6.45. The summed E-state index contributed by atoms with van der Waals surface area (Å²) in [6, 6.07) is 4.77. The number of carbonyl (C=O) groups excluding carboxylic acids is 3. The fourth-order valence-electron chi connectivity index (χ4n) is 1.82. The Kier molecular flexibility index (Phi) is 5.05. The third-order valence-electron chi connectivity index (χ3n) is 2.75. The number of nitrogens with zero attached hydrogens (tertiary/aromatic N) is 1. The molecule has 0 fully saturated rings. The molecule has 9 heteroatoms. The summed E-state index contributed by atoms with van der Waals surface area (Å²) in [5, 5.41) is 0.409. The number of rotatable bonds is 3. The lowest BCUT2D eigenvalue weighted by molar-refractivity contribution is -0.125. The minimum absolute atomic E-state index is 0.173. The topological polar surface area (TPSA) is 97.0 Å². The minimum Gasteiger partial charge on any atom is -0.482 e. The minimum atomic E-state index is -0.785. The number of hydrazine groups is 1. The van der Waals surface area contributed by atoms with E-state index < -0.39 is 12.0 Å². The molecule has 0 atom stereocenters. The molecule has 0 radical (unpaired) electrons. The molecule has 1 aliphatic rings. The van der Waals surface area contributed by atoms with Crippen molar-refractivity contribution in [1.29, 1.82) is 0 Å². The van der Waals surface area contributed by atoms with Crippen molar-refractivity contribution in [3.63, 3.8) is 0 Å². The molecule has 22 heavy (non-hydrogen) atoms. The summed E-state index contributed by atoms with van der Waals surface area (Å²) in [7, 11) is 0. The number of hydrogen-bond acceptors (Lipinski definition) is 5. The van der Waals surface area contributed by atoms with Gasteiger partial charge in [-0.1, -0.05) is 11.6 Å². The lowest BCUT2D eigenvalue weighted by Gasteiger charge is -2.28. The van der Waals surface area contributed by atoms with E-state index >= 15 is 0 Å². The molecule has 0 saturated carbocycles. The fourth-order valence-corrected chi connectivity index (χ4v) is 1.99. The van der Waals surface area contributed by atoms with Gasteiger partial charge < -0.3 is 9.47 Å². The van der Waals surface area contributed by atoms with Gasteiger partial charge in [-0.25, -0.2) is 10.2 Å². The molecular weight excluding hydrogens is 314 g/mol. The van der Waals surface area contributed by atoms with Gasteiger partial charge in [0, 0.05) is 5.02 Å². The van der Waals surface area contributed by atoms with Crippen molar-refractivity contribution in [2.45, 2.75) is 6.92 Å². The number of ether oxygens (including phenoxy) is 2. The number of fused-ring (bicyclic) bond motifs is 1. The highest BCUT2D eigenvalue weighted by Crippen LogP contribution is 2.34. The number of nitrogens with one attached hydrogen (secondary N) is 2. The summed E-state index contributed by atoms with van der Waals surface area (Å²) < 4.78 is 9.85. The van der Waals surface area contributed by atoms with Gasteiger partial charge in [0.15, 0.2) is 6.61 Å². The average Bonchev–Trinajstić information content (AvgIpc) is 2.48. The Hall–Kier alpha value is -2.48. The zero-order valence-corrected chi connectivity index (χ0v) is 12.5. The van der Waals surface area contributed by atoms with Gasteiger partial charge in [-0.05, 0) is 25.1 Å². The van der Waals surface area contributed by atoms with Crippen LogP contribution in [0.3, 0.4) is 0 Å². The fraction of sp³-hybridized carbons (Fsp3) is 0.308.